The molecular formula is C18H24N4O3S. The van der Waals surface area contributed by atoms with E-state index in [9.17, 15) is 9.59 Å². The van der Waals surface area contributed by atoms with Gasteiger partial charge in [-0.2, -0.15) is 0 Å². The number of amides is 2. The van der Waals surface area contributed by atoms with Gasteiger partial charge in [-0.25, -0.2) is 9.78 Å². The second-order valence-corrected chi connectivity index (χ2v) is 8.20. The third-order valence-corrected chi connectivity index (χ3v) is 6.28. The smallest absolute Gasteiger partial charge is 0.410 e. The van der Waals surface area contributed by atoms with Gasteiger partial charge in [0, 0.05) is 49.7 Å². The molecule has 2 aliphatic rings. The Kier molecular flexibility index (Phi) is 4.38. The van der Waals surface area contributed by atoms with E-state index >= 15 is 0 Å². The van der Waals surface area contributed by atoms with Crippen molar-refractivity contribution in [3.8, 4) is 0 Å². The van der Waals surface area contributed by atoms with Crippen molar-refractivity contribution in [2.45, 2.75) is 51.2 Å². The van der Waals surface area contributed by atoms with Crippen molar-refractivity contribution in [2.24, 2.45) is 0 Å². The molecule has 7 nitrogen and oxygen atoms in total. The first kappa shape index (κ1) is 17.3. The maximum Gasteiger partial charge on any atom is 0.410 e. The Labute approximate surface area is 156 Å². The van der Waals surface area contributed by atoms with Crippen LogP contribution < -0.4 is 0 Å². The normalized spacial score (nSPS) is 20.8. The Bertz CT molecular complexity index is 793. The average Bonchev–Trinajstić information content (AvgIpc) is 3.29. The SMILES string of the molecule is CCC[C@H](C)N1CC2(CCN(C(=O)c3cn4ccsc4n3)CC2)OC1=O. The number of fused-ring (bicyclic) bond motifs is 1. The van der Waals surface area contributed by atoms with Gasteiger partial charge in [0.2, 0.25) is 0 Å². The van der Waals surface area contributed by atoms with E-state index in [1.165, 1.54) is 11.3 Å². The third-order valence-electron chi connectivity index (χ3n) is 5.51. The number of imidazole rings is 1. The molecule has 0 aliphatic carbocycles. The molecule has 140 valence electrons. The van der Waals surface area contributed by atoms with Crippen LogP contribution in [0.5, 0.6) is 0 Å². The standard InChI is InChI=1S/C18H24N4O3S/c1-3-4-13(2)22-12-18(25-17(22)24)5-7-20(8-6-18)15(23)14-11-21-9-10-26-16(21)19-14/h9-11,13H,3-8,12H2,1-2H3/t13-/m0/s1. The Morgan fingerprint density at radius 1 is 1.42 bits per heavy atom. The lowest BCUT2D eigenvalue weighted by Crippen LogP contribution is -2.49. The van der Waals surface area contributed by atoms with Crippen molar-refractivity contribution in [1.29, 1.82) is 0 Å². The molecular weight excluding hydrogens is 352 g/mol. The summed E-state index contributed by atoms with van der Waals surface area (Å²) in [5.41, 5.74) is 0.0409. The molecule has 26 heavy (non-hydrogen) atoms. The molecule has 0 N–H and O–H groups in total. The highest BCUT2D eigenvalue weighted by Gasteiger charge is 2.48. The van der Waals surface area contributed by atoms with Crippen molar-refractivity contribution in [2.75, 3.05) is 19.6 Å². The van der Waals surface area contributed by atoms with Crippen molar-refractivity contribution in [1.82, 2.24) is 19.2 Å². The summed E-state index contributed by atoms with van der Waals surface area (Å²) < 4.78 is 7.64. The van der Waals surface area contributed by atoms with Gasteiger partial charge in [0.15, 0.2) is 4.96 Å². The fraction of sp³-hybridized carbons (Fsp3) is 0.611. The summed E-state index contributed by atoms with van der Waals surface area (Å²) in [5, 5.41) is 1.95. The van der Waals surface area contributed by atoms with E-state index in [2.05, 4.69) is 18.8 Å². The molecule has 4 heterocycles. The van der Waals surface area contributed by atoms with E-state index in [0.29, 0.717) is 38.2 Å². The molecule has 1 spiro atoms. The number of piperidine rings is 1. The first-order valence-electron chi connectivity index (χ1n) is 9.22. The molecule has 2 aliphatic heterocycles. The number of carbonyl (C=O) groups is 2. The second kappa shape index (κ2) is 6.57. The number of thiazole rings is 1. The lowest BCUT2D eigenvalue weighted by Gasteiger charge is -2.37. The molecule has 2 saturated heterocycles. The van der Waals surface area contributed by atoms with Gasteiger partial charge in [0.25, 0.3) is 5.91 Å². The van der Waals surface area contributed by atoms with E-state index in [1.807, 2.05) is 25.8 Å². The highest BCUT2D eigenvalue weighted by molar-refractivity contribution is 7.15. The maximum atomic E-state index is 12.7. The van der Waals surface area contributed by atoms with E-state index in [0.717, 1.165) is 17.8 Å². The Balaban J connectivity index is 1.40. The molecule has 2 aromatic rings. The number of nitrogens with zero attached hydrogens (tertiary/aromatic N) is 4. The number of hydrogen-bond donors (Lipinski definition) is 0. The Hall–Kier alpha value is -2.09. The molecule has 0 radical (unpaired) electrons. The summed E-state index contributed by atoms with van der Waals surface area (Å²) in [6.07, 6.45) is 6.86. The number of likely N-dealkylation sites (tertiary alicyclic amines) is 1. The van der Waals surface area contributed by atoms with Crippen LogP contribution in [0.2, 0.25) is 0 Å². The van der Waals surface area contributed by atoms with Crippen LogP contribution in [0.3, 0.4) is 0 Å². The summed E-state index contributed by atoms with van der Waals surface area (Å²) in [7, 11) is 0. The first-order valence-corrected chi connectivity index (χ1v) is 10.1. The minimum Gasteiger partial charge on any atom is -0.441 e. The minimum atomic E-state index is -0.440. The van der Waals surface area contributed by atoms with E-state index in [4.69, 9.17) is 4.74 Å². The number of rotatable bonds is 4. The second-order valence-electron chi connectivity index (χ2n) is 7.33. The fourth-order valence-electron chi connectivity index (χ4n) is 3.93. The molecule has 4 rings (SSSR count). The molecule has 2 amide bonds. The van der Waals surface area contributed by atoms with Crippen molar-refractivity contribution in [3.05, 3.63) is 23.5 Å². The van der Waals surface area contributed by atoms with Gasteiger partial charge in [-0.3, -0.25) is 9.20 Å². The summed E-state index contributed by atoms with van der Waals surface area (Å²) >= 11 is 1.51. The van der Waals surface area contributed by atoms with Gasteiger partial charge < -0.3 is 14.5 Å². The highest BCUT2D eigenvalue weighted by atomic mass is 32.1. The summed E-state index contributed by atoms with van der Waals surface area (Å²) in [4.78, 5) is 33.9. The van der Waals surface area contributed by atoms with Gasteiger partial charge in [0.1, 0.15) is 11.3 Å². The van der Waals surface area contributed by atoms with Crippen molar-refractivity contribution >= 4 is 28.3 Å². The van der Waals surface area contributed by atoms with Gasteiger partial charge in [-0.1, -0.05) is 13.3 Å². The lowest BCUT2D eigenvalue weighted by atomic mass is 9.91. The molecule has 0 bridgehead atoms. The molecule has 0 aromatic carbocycles. The molecule has 1 atom stereocenters. The van der Waals surface area contributed by atoms with Gasteiger partial charge in [-0.15, -0.1) is 11.3 Å². The van der Waals surface area contributed by atoms with E-state index in [1.54, 1.807) is 6.20 Å². The van der Waals surface area contributed by atoms with Gasteiger partial charge in [0.05, 0.1) is 6.54 Å². The fourth-order valence-corrected chi connectivity index (χ4v) is 4.63. The number of carbonyl (C=O) groups excluding carboxylic acids is 2. The zero-order chi connectivity index (χ0) is 18.3. The zero-order valence-electron chi connectivity index (χ0n) is 15.2. The lowest BCUT2D eigenvalue weighted by molar-refractivity contribution is 0.00291. The van der Waals surface area contributed by atoms with Crippen LogP contribution in [-0.2, 0) is 4.74 Å². The summed E-state index contributed by atoms with van der Waals surface area (Å²) in [6, 6.07) is 0.199. The van der Waals surface area contributed by atoms with E-state index in [-0.39, 0.29) is 18.0 Å². The number of ether oxygens (including phenoxy) is 1. The molecule has 2 aromatic heterocycles. The summed E-state index contributed by atoms with van der Waals surface area (Å²) in [5.74, 6) is -0.0451. The van der Waals surface area contributed by atoms with Gasteiger partial charge in [-0.05, 0) is 13.3 Å². The van der Waals surface area contributed by atoms with Crippen LogP contribution in [0.1, 0.15) is 50.0 Å². The monoisotopic (exact) mass is 376 g/mol. The molecule has 2 fully saturated rings. The van der Waals surface area contributed by atoms with Crippen LogP contribution in [0.25, 0.3) is 4.96 Å². The quantitative estimate of drug-likeness (QED) is 0.823. The predicted octanol–water partition coefficient (Wildman–Crippen LogP) is 3.01. The van der Waals surface area contributed by atoms with Crippen LogP contribution in [-0.4, -0.2) is 62.5 Å². The topological polar surface area (TPSA) is 67.2 Å². The van der Waals surface area contributed by atoms with Crippen molar-refractivity contribution in [3.63, 3.8) is 0 Å². The predicted molar refractivity (Wildman–Crippen MR) is 98.5 cm³/mol. The highest BCUT2D eigenvalue weighted by Crippen LogP contribution is 2.35. The molecule has 8 heteroatoms. The Morgan fingerprint density at radius 2 is 2.19 bits per heavy atom. The van der Waals surface area contributed by atoms with Gasteiger partial charge >= 0.3 is 6.09 Å². The number of aromatic nitrogens is 2. The third kappa shape index (κ3) is 2.96. The van der Waals surface area contributed by atoms with Crippen LogP contribution in [0.15, 0.2) is 17.8 Å². The van der Waals surface area contributed by atoms with Crippen LogP contribution >= 0.6 is 11.3 Å². The van der Waals surface area contributed by atoms with Crippen LogP contribution in [0.4, 0.5) is 4.79 Å². The molecule has 0 unspecified atom stereocenters. The Morgan fingerprint density at radius 3 is 2.88 bits per heavy atom. The molecule has 0 saturated carbocycles. The minimum absolute atomic E-state index is 0.0451. The van der Waals surface area contributed by atoms with Crippen LogP contribution in [0, 0.1) is 0 Å². The maximum absolute atomic E-state index is 12.7. The largest absolute Gasteiger partial charge is 0.441 e. The van der Waals surface area contributed by atoms with E-state index < -0.39 is 5.60 Å². The zero-order valence-corrected chi connectivity index (χ0v) is 16.0. The van der Waals surface area contributed by atoms with Crippen molar-refractivity contribution < 1.29 is 14.3 Å². The average molecular weight is 376 g/mol. The summed E-state index contributed by atoms with van der Waals surface area (Å²) in [6.45, 7) is 6.01. The first-order chi connectivity index (χ1) is 12.5. The number of hydrogen-bond acceptors (Lipinski definition) is 5.